The maximum atomic E-state index is 11.6. The number of carboxylic acid groups (broad SMARTS) is 2. The molecule has 1 aromatic rings. The standard InChI is InChI=1S/C14H17IN2O6/c15-9-7-8(1-3-11(9)18)5-6-16-14(23)17-10(13(21)22)2-4-12(19)20/h1,3,7,10,18H,2,4-6H2,(H,19,20)(H,21,22)(H2,16,17,23)/t10-/m0/s1/i15-2. The molecule has 8 nitrogen and oxygen atoms in total. The van der Waals surface area contributed by atoms with Crippen molar-refractivity contribution in [2.24, 2.45) is 0 Å². The first-order chi connectivity index (χ1) is 10.8. The highest BCUT2D eigenvalue weighted by atomic mass is 125. The van der Waals surface area contributed by atoms with E-state index in [-0.39, 0.29) is 25.1 Å². The fraction of sp³-hybridized carbons (Fsp3) is 0.357. The Bertz CT molecular complexity index is 593. The molecule has 0 radical (unpaired) electrons. The number of amides is 2. The highest BCUT2D eigenvalue weighted by Gasteiger charge is 2.20. The Balaban J connectivity index is 2.41. The highest BCUT2D eigenvalue weighted by molar-refractivity contribution is 14.1. The zero-order valence-electron chi connectivity index (χ0n) is 12.1. The van der Waals surface area contributed by atoms with E-state index in [9.17, 15) is 19.5 Å². The molecule has 0 unspecified atom stereocenters. The van der Waals surface area contributed by atoms with Gasteiger partial charge in [-0.05, 0) is 53.1 Å². The minimum absolute atomic E-state index is 0.183. The Morgan fingerprint density at radius 2 is 1.91 bits per heavy atom. The molecule has 1 rings (SSSR count). The molecule has 23 heavy (non-hydrogen) atoms. The minimum Gasteiger partial charge on any atom is -0.507 e. The SMILES string of the molecule is O=C(O)CC[C@H](NC(=O)NCCc1ccc(O)c([125I])c1)C(=O)O. The maximum absolute atomic E-state index is 11.6. The Morgan fingerprint density at radius 3 is 2.48 bits per heavy atom. The van der Waals surface area contributed by atoms with E-state index in [0.717, 1.165) is 5.56 Å². The van der Waals surface area contributed by atoms with Crippen LogP contribution in [-0.4, -0.2) is 45.9 Å². The van der Waals surface area contributed by atoms with Crippen molar-refractivity contribution in [3.63, 3.8) is 0 Å². The molecule has 0 aromatic heterocycles. The minimum atomic E-state index is -1.28. The quantitative estimate of drug-likeness (QED) is 0.390. The first-order valence-electron chi connectivity index (χ1n) is 6.76. The van der Waals surface area contributed by atoms with Crippen LogP contribution in [0.5, 0.6) is 5.75 Å². The van der Waals surface area contributed by atoms with Gasteiger partial charge in [-0.2, -0.15) is 0 Å². The van der Waals surface area contributed by atoms with Gasteiger partial charge in [0.2, 0.25) is 0 Å². The summed E-state index contributed by atoms with van der Waals surface area (Å²) in [5, 5.41) is 31.6. The average molecular weight is 434 g/mol. The van der Waals surface area contributed by atoms with E-state index in [1.54, 1.807) is 18.2 Å². The zero-order chi connectivity index (χ0) is 17.4. The van der Waals surface area contributed by atoms with Crippen LogP contribution in [0.25, 0.3) is 0 Å². The number of phenolic OH excluding ortho intramolecular Hbond substituents is 1. The van der Waals surface area contributed by atoms with E-state index < -0.39 is 24.0 Å². The van der Waals surface area contributed by atoms with E-state index in [4.69, 9.17) is 10.2 Å². The number of hydrogen-bond acceptors (Lipinski definition) is 4. The van der Waals surface area contributed by atoms with Crippen LogP contribution in [0.4, 0.5) is 4.79 Å². The van der Waals surface area contributed by atoms with Gasteiger partial charge < -0.3 is 26.0 Å². The predicted molar refractivity (Wildman–Crippen MR) is 89.4 cm³/mol. The number of urea groups is 1. The second kappa shape index (κ2) is 9.18. The molecule has 1 aromatic carbocycles. The second-order valence-corrected chi connectivity index (χ2v) is 5.92. The number of benzene rings is 1. The number of phenols is 1. The van der Waals surface area contributed by atoms with Gasteiger partial charge in [0, 0.05) is 13.0 Å². The van der Waals surface area contributed by atoms with Crippen LogP contribution in [0.3, 0.4) is 0 Å². The van der Waals surface area contributed by atoms with Crippen LogP contribution < -0.4 is 10.6 Å². The molecule has 0 spiro atoms. The molecule has 0 heterocycles. The summed E-state index contributed by atoms with van der Waals surface area (Å²) in [6.07, 6.45) is -0.0198. The summed E-state index contributed by atoms with van der Waals surface area (Å²) in [6, 6.07) is 3.15. The topological polar surface area (TPSA) is 136 Å². The highest BCUT2D eigenvalue weighted by Crippen LogP contribution is 2.20. The lowest BCUT2D eigenvalue weighted by molar-refractivity contribution is -0.140. The molecular weight excluding hydrogens is 417 g/mol. The first kappa shape index (κ1) is 19.0. The number of aromatic hydroxyl groups is 1. The third kappa shape index (κ3) is 7.17. The summed E-state index contributed by atoms with van der Waals surface area (Å²) in [6.45, 7) is 0.276. The van der Waals surface area contributed by atoms with E-state index in [1.807, 2.05) is 22.6 Å². The normalized spacial score (nSPS) is 11.5. The fourth-order valence-corrected chi connectivity index (χ4v) is 2.34. The molecular formula is C14H17IN2O6. The smallest absolute Gasteiger partial charge is 0.326 e. The van der Waals surface area contributed by atoms with Gasteiger partial charge in [0.25, 0.3) is 0 Å². The summed E-state index contributed by atoms with van der Waals surface area (Å²) in [5.41, 5.74) is 0.910. The largest absolute Gasteiger partial charge is 0.507 e. The van der Waals surface area contributed by atoms with Gasteiger partial charge >= 0.3 is 18.0 Å². The fourth-order valence-electron chi connectivity index (χ4n) is 1.76. The third-order valence-electron chi connectivity index (χ3n) is 2.96. The zero-order valence-corrected chi connectivity index (χ0v) is 14.2. The van der Waals surface area contributed by atoms with Crippen LogP contribution in [0, 0.1) is 3.57 Å². The van der Waals surface area contributed by atoms with Crippen molar-refractivity contribution in [1.29, 1.82) is 0 Å². The predicted octanol–water partition coefficient (Wildman–Crippen LogP) is 1.16. The van der Waals surface area contributed by atoms with Gasteiger partial charge in [0.15, 0.2) is 0 Å². The molecule has 9 heteroatoms. The van der Waals surface area contributed by atoms with Crippen molar-refractivity contribution < 1.29 is 29.7 Å². The average Bonchev–Trinajstić information content (AvgIpc) is 2.46. The van der Waals surface area contributed by atoms with E-state index in [1.165, 1.54) is 0 Å². The van der Waals surface area contributed by atoms with Crippen molar-refractivity contribution in [2.45, 2.75) is 25.3 Å². The van der Waals surface area contributed by atoms with Gasteiger partial charge in [-0.15, -0.1) is 0 Å². The Morgan fingerprint density at radius 1 is 1.22 bits per heavy atom. The third-order valence-corrected chi connectivity index (χ3v) is 3.83. The number of halogens is 1. The number of rotatable bonds is 8. The number of carboxylic acids is 2. The molecule has 0 bridgehead atoms. The monoisotopic (exact) mass is 434 g/mol. The van der Waals surface area contributed by atoms with E-state index in [0.29, 0.717) is 9.99 Å². The van der Waals surface area contributed by atoms with Crippen molar-refractivity contribution in [3.8, 4) is 5.75 Å². The lowest BCUT2D eigenvalue weighted by Crippen LogP contribution is -2.46. The van der Waals surface area contributed by atoms with Crippen molar-refractivity contribution in [1.82, 2.24) is 10.6 Å². The molecule has 0 aliphatic heterocycles. The summed E-state index contributed by atoms with van der Waals surface area (Å²) in [5.74, 6) is -2.22. The van der Waals surface area contributed by atoms with Gasteiger partial charge in [0.05, 0.1) is 3.57 Å². The Labute approximate surface area is 146 Å². The molecule has 0 fully saturated rings. The van der Waals surface area contributed by atoms with Crippen LogP contribution in [0.15, 0.2) is 18.2 Å². The lowest BCUT2D eigenvalue weighted by atomic mass is 10.1. The Hall–Kier alpha value is -2.04. The van der Waals surface area contributed by atoms with Gasteiger partial charge in [-0.25, -0.2) is 9.59 Å². The molecule has 0 saturated carbocycles. The van der Waals surface area contributed by atoms with Gasteiger partial charge in [0.1, 0.15) is 11.8 Å². The van der Waals surface area contributed by atoms with Crippen molar-refractivity contribution in [3.05, 3.63) is 27.3 Å². The van der Waals surface area contributed by atoms with Crippen LogP contribution >= 0.6 is 22.6 Å². The lowest BCUT2D eigenvalue weighted by Gasteiger charge is -2.14. The van der Waals surface area contributed by atoms with E-state index in [2.05, 4.69) is 10.6 Å². The number of aliphatic carboxylic acids is 2. The second-order valence-electron chi connectivity index (χ2n) is 4.76. The summed E-state index contributed by atoms with van der Waals surface area (Å²) >= 11 is 1.99. The van der Waals surface area contributed by atoms with E-state index >= 15 is 0 Å². The molecule has 126 valence electrons. The van der Waals surface area contributed by atoms with Crippen LogP contribution in [0.2, 0.25) is 0 Å². The number of carbonyl (C=O) groups is 3. The number of hydrogen-bond donors (Lipinski definition) is 5. The molecule has 0 saturated heterocycles. The molecule has 5 N–H and O–H groups in total. The number of nitrogens with one attached hydrogen (secondary N) is 2. The van der Waals surface area contributed by atoms with Gasteiger partial charge in [-0.1, -0.05) is 6.07 Å². The molecule has 0 aliphatic carbocycles. The van der Waals surface area contributed by atoms with Crippen LogP contribution in [-0.2, 0) is 16.0 Å². The number of carbonyl (C=O) groups excluding carboxylic acids is 1. The first-order valence-corrected chi connectivity index (χ1v) is 7.84. The maximum Gasteiger partial charge on any atom is 0.326 e. The molecule has 2 amide bonds. The van der Waals surface area contributed by atoms with Gasteiger partial charge in [-0.3, -0.25) is 4.79 Å². The van der Waals surface area contributed by atoms with Crippen molar-refractivity contribution >= 4 is 40.6 Å². The summed E-state index contributed by atoms with van der Waals surface area (Å²) < 4.78 is 0.698. The van der Waals surface area contributed by atoms with Crippen LogP contribution in [0.1, 0.15) is 18.4 Å². The summed E-state index contributed by atoms with van der Waals surface area (Å²) in [4.78, 5) is 33.0. The molecule has 0 aliphatic rings. The Kier molecular flexibility index (Phi) is 7.59. The molecule has 1 atom stereocenters. The van der Waals surface area contributed by atoms with Crippen molar-refractivity contribution in [2.75, 3.05) is 6.54 Å². The summed E-state index contributed by atoms with van der Waals surface area (Å²) in [7, 11) is 0.